The summed E-state index contributed by atoms with van der Waals surface area (Å²) in [5, 5.41) is 3.71. The molecule has 9 nitrogen and oxygen atoms in total. The molecule has 186 valence electrons. The molecule has 0 N–H and O–H groups in total. The molecule has 2 aromatic heterocycles. The molecule has 0 unspecified atom stereocenters. The summed E-state index contributed by atoms with van der Waals surface area (Å²) >= 11 is 0. The number of alkyl halides is 3. The fourth-order valence-electron chi connectivity index (χ4n) is 4.50. The van der Waals surface area contributed by atoms with Crippen molar-refractivity contribution in [3.8, 4) is 28.7 Å². The van der Waals surface area contributed by atoms with E-state index in [-0.39, 0.29) is 17.4 Å². The second-order valence-electron chi connectivity index (χ2n) is 8.98. The lowest BCUT2D eigenvalue weighted by atomic mass is 10.1. The van der Waals surface area contributed by atoms with E-state index in [1.54, 1.807) is 24.4 Å². The van der Waals surface area contributed by atoms with Gasteiger partial charge in [0.15, 0.2) is 5.82 Å². The lowest BCUT2D eigenvalue weighted by Gasteiger charge is -2.37. The fraction of sp³-hybridized carbons (Fsp3) is 0.478. The summed E-state index contributed by atoms with van der Waals surface area (Å²) in [4.78, 5) is 26.0. The molecule has 1 amide bonds. The van der Waals surface area contributed by atoms with Crippen LogP contribution in [0, 0.1) is 0 Å². The van der Waals surface area contributed by atoms with Gasteiger partial charge in [-0.1, -0.05) is 0 Å². The quantitative estimate of drug-likeness (QED) is 0.561. The first kappa shape index (κ1) is 23.3. The highest BCUT2D eigenvalue weighted by Gasteiger charge is 2.31. The first-order valence-electron chi connectivity index (χ1n) is 11.5. The lowest BCUT2D eigenvalue weighted by molar-refractivity contribution is -0.142. The van der Waals surface area contributed by atoms with Gasteiger partial charge in [0.05, 0.1) is 12.1 Å². The molecule has 0 spiro atoms. The maximum atomic E-state index is 13.2. The van der Waals surface area contributed by atoms with Gasteiger partial charge in [-0.15, -0.1) is 0 Å². The molecule has 0 aliphatic carbocycles. The smallest absolute Gasteiger partial charge is 0.408 e. The van der Waals surface area contributed by atoms with Gasteiger partial charge >= 0.3 is 6.18 Å². The molecule has 0 atom stereocenters. The van der Waals surface area contributed by atoms with Gasteiger partial charge in [-0.25, -0.2) is 14.6 Å². The molecule has 4 heterocycles. The maximum Gasteiger partial charge on any atom is 0.408 e. The number of halogens is 3. The Morgan fingerprint density at radius 3 is 2.60 bits per heavy atom. The van der Waals surface area contributed by atoms with Crippen molar-refractivity contribution in [3.63, 3.8) is 0 Å². The van der Waals surface area contributed by atoms with Crippen LogP contribution in [0.3, 0.4) is 0 Å². The molecule has 2 aliphatic heterocycles. The minimum atomic E-state index is -4.43. The summed E-state index contributed by atoms with van der Waals surface area (Å²) in [6.45, 7) is 6.79. The third-order valence-electron chi connectivity index (χ3n) is 6.34. The van der Waals surface area contributed by atoms with Crippen LogP contribution in [0.1, 0.15) is 24.2 Å². The normalized spacial score (nSPS) is 16.6. The second kappa shape index (κ2) is 8.99. The number of benzene rings is 1. The summed E-state index contributed by atoms with van der Waals surface area (Å²) in [5.41, 5.74) is 1.40. The molecule has 35 heavy (non-hydrogen) atoms. The molecule has 3 aromatic rings. The standard InChI is InChI=1S/C23H26F3N7O2/c1-15(2)30-5-7-31(8-6-30)22(34)16-3-4-19-17(11-16)20-29-18(12-32(20)9-10-35-19)21-27-14-28-33(21)13-23(24,25)26/h3-4,11-12,14-15H,5-10,13H2,1-2H3. The van der Waals surface area contributed by atoms with Gasteiger partial charge in [0.2, 0.25) is 0 Å². The maximum absolute atomic E-state index is 13.2. The van der Waals surface area contributed by atoms with Gasteiger partial charge in [-0.3, -0.25) is 9.69 Å². The third-order valence-corrected chi connectivity index (χ3v) is 6.34. The van der Waals surface area contributed by atoms with Crippen LogP contribution in [0.5, 0.6) is 5.75 Å². The van der Waals surface area contributed by atoms with Crippen molar-refractivity contribution in [1.82, 2.24) is 34.1 Å². The Kier molecular flexibility index (Phi) is 5.99. The van der Waals surface area contributed by atoms with Crippen molar-refractivity contribution in [1.29, 1.82) is 0 Å². The number of piperazine rings is 1. The number of ether oxygens (including phenoxy) is 1. The van der Waals surface area contributed by atoms with Crippen LogP contribution in [0.25, 0.3) is 22.9 Å². The van der Waals surface area contributed by atoms with E-state index in [0.717, 1.165) is 24.1 Å². The molecule has 1 fully saturated rings. The number of nitrogens with zero attached hydrogens (tertiary/aromatic N) is 7. The molecule has 12 heteroatoms. The minimum Gasteiger partial charge on any atom is -0.491 e. The first-order valence-corrected chi connectivity index (χ1v) is 11.5. The number of aromatic nitrogens is 5. The van der Waals surface area contributed by atoms with Crippen LogP contribution < -0.4 is 4.74 Å². The van der Waals surface area contributed by atoms with Gasteiger partial charge in [0, 0.05) is 44.0 Å². The van der Waals surface area contributed by atoms with E-state index in [9.17, 15) is 18.0 Å². The Balaban J connectivity index is 1.45. The molecule has 1 aromatic carbocycles. The average Bonchev–Trinajstić information content (AvgIpc) is 3.40. The van der Waals surface area contributed by atoms with E-state index in [4.69, 9.17) is 4.74 Å². The summed E-state index contributed by atoms with van der Waals surface area (Å²) in [5.74, 6) is 1.04. The van der Waals surface area contributed by atoms with E-state index < -0.39 is 12.7 Å². The fourth-order valence-corrected chi connectivity index (χ4v) is 4.50. The van der Waals surface area contributed by atoms with Crippen molar-refractivity contribution < 1.29 is 22.7 Å². The molecule has 0 saturated carbocycles. The van der Waals surface area contributed by atoms with Crippen LogP contribution in [0.15, 0.2) is 30.7 Å². The van der Waals surface area contributed by atoms with Crippen LogP contribution in [-0.4, -0.2) is 85.0 Å². The zero-order chi connectivity index (χ0) is 24.7. The summed E-state index contributed by atoms with van der Waals surface area (Å²) in [6, 6.07) is 5.69. The number of carbonyl (C=O) groups is 1. The number of amides is 1. The molecular formula is C23H26F3N7O2. The monoisotopic (exact) mass is 489 g/mol. The minimum absolute atomic E-state index is 0.0284. The second-order valence-corrected chi connectivity index (χ2v) is 8.98. The third kappa shape index (κ3) is 4.75. The van der Waals surface area contributed by atoms with Gasteiger partial charge in [0.25, 0.3) is 5.91 Å². The van der Waals surface area contributed by atoms with Crippen LogP contribution in [0.2, 0.25) is 0 Å². The van der Waals surface area contributed by atoms with Crippen molar-refractivity contribution >= 4 is 5.91 Å². The van der Waals surface area contributed by atoms with E-state index in [0.29, 0.717) is 55.0 Å². The highest BCUT2D eigenvalue weighted by molar-refractivity contribution is 5.96. The first-order chi connectivity index (χ1) is 16.7. The van der Waals surface area contributed by atoms with E-state index in [1.165, 1.54) is 0 Å². The lowest BCUT2D eigenvalue weighted by Crippen LogP contribution is -2.50. The largest absolute Gasteiger partial charge is 0.491 e. The van der Waals surface area contributed by atoms with Crippen LogP contribution in [0.4, 0.5) is 13.2 Å². The predicted molar refractivity (Wildman–Crippen MR) is 121 cm³/mol. The zero-order valence-electron chi connectivity index (χ0n) is 19.5. The number of carbonyl (C=O) groups excluding carboxylic acids is 1. The summed E-state index contributed by atoms with van der Waals surface area (Å²) < 4.78 is 47.3. The Bertz CT molecular complexity index is 1230. The van der Waals surface area contributed by atoms with E-state index in [1.807, 2.05) is 9.47 Å². The Morgan fingerprint density at radius 2 is 1.89 bits per heavy atom. The molecule has 5 rings (SSSR count). The highest BCUT2D eigenvalue weighted by atomic mass is 19.4. The van der Waals surface area contributed by atoms with Crippen molar-refractivity contribution in [2.24, 2.45) is 0 Å². The van der Waals surface area contributed by atoms with Crippen LogP contribution >= 0.6 is 0 Å². The average molecular weight is 490 g/mol. The molecule has 0 radical (unpaired) electrons. The van der Waals surface area contributed by atoms with Crippen LogP contribution in [-0.2, 0) is 13.1 Å². The topological polar surface area (TPSA) is 81.3 Å². The van der Waals surface area contributed by atoms with Gasteiger partial charge in [-0.2, -0.15) is 18.3 Å². The zero-order valence-corrected chi connectivity index (χ0v) is 19.5. The number of rotatable bonds is 4. The van der Waals surface area contributed by atoms with Crippen molar-refractivity contribution in [2.45, 2.75) is 39.2 Å². The molecular weight excluding hydrogens is 463 g/mol. The van der Waals surface area contributed by atoms with Crippen molar-refractivity contribution in [3.05, 3.63) is 36.3 Å². The predicted octanol–water partition coefficient (Wildman–Crippen LogP) is 2.93. The number of imidazole rings is 1. The van der Waals surface area contributed by atoms with E-state index in [2.05, 4.69) is 33.8 Å². The number of hydrogen-bond donors (Lipinski definition) is 0. The van der Waals surface area contributed by atoms with Crippen molar-refractivity contribution in [2.75, 3.05) is 32.8 Å². The SMILES string of the molecule is CC(C)N1CCN(C(=O)c2ccc3c(c2)-c2nc(-c4ncnn4CC(F)(F)F)cn2CCO3)CC1. The molecule has 2 aliphatic rings. The van der Waals surface area contributed by atoms with Gasteiger partial charge in [0.1, 0.15) is 36.7 Å². The Morgan fingerprint density at radius 1 is 1.11 bits per heavy atom. The highest BCUT2D eigenvalue weighted by Crippen LogP contribution is 2.35. The van der Waals surface area contributed by atoms with Gasteiger partial charge in [-0.05, 0) is 32.0 Å². The van der Waals surface area contributed by atoms with Gasteiger partial charge < -0.3 is 14.2 Å². The Labute approximate surface area is 200 Å². The summed E-state index contributed by atoms with van der Waals surface area (Å²) in [7, 11) is 0. The number of hydrogen-bond acceptors (Lipinski definition) is 6. The summed E-state index contributed by atoms with van der Waals surface area (Å²) in [6.07, 6.45) is -1.71. The molecule has 0 bridgehead atoms. The molecule has 1 saturated heterocycles. The Hall–Kier alpha value is -3.41. The number of fused-ring (bicyclic) bond motifs is 3. The van der Waals surface area contributed by atoms with E-state index >= 15 is 0 Å².